The Labute approximate surface area is 166 Å². The van der Waals surface area contributed by atoms with E-state index in [0.29, 0.717) is 22.2 Å². The summed E-state index contributed by atoms with van der Waals surface area (Å²) >= 11 is 0. The quantitative estimate of drug-likeness (QED) is 0.605. The Morgan fingerprint density at radius 3 is 2.59 bits per heavy atom. The summed E-state index contributed by atoms with van der Waals surface area (Å²) in [5, 5.41) is 12.4. The number of rotatable bonds is 8. The van der Waals surface area contributed by atoms with Crippen LogP contribution in [0.25, 0.3) is 10.9 Å². The molecular formula is C21H21N3O5. The number of amides is 1. The number of carboxylic acid groups (broad SMARTS) is 1. The first-order valence-electron chi connectivity index (χ1n) is 9.07. The Bertz CT molecular complexity index is 1080. The third-order valence-electron chi connectivity index (χ3n) is 4.54. The van der Waals surface area contributed by atoms with Crippen LogP contribution in [0, 0.1) is 0 Å². The van der Waals surface area contributed by atoms with Gasteiger partial charge in [-0.15, -0.1) is 0 Å². The number of ether oxygens (including phenoxy) is 1. The molecule has 0 fully saturated rings. The third kappa shape index (κ3) is 4.98. The maximum atomic E-state index is 12.5. The first kappa shape index (κ1) is 20.1. The number of carbonyl (C=O) groups excluding carboxylic acids is 1. The van der Waals surface area contributed by atoms with Gasteiger partial charge in [-0.3, -0.25) is 19.0 Å². The van der Waals surface area contributed by atoms with Gasteiger partial charge in [-0.05, 0) is 29.8 Å². The second-order valence-corrected chi connectivity index (χ2v) is 6.50. The van der Waals surface area contributed by atoms with Gasteiger partial charge in [-0.25, -0.2) is 4.98 Å². The zero-order valence-corrected chi connectivity index (χ0v) is 15.9. The molecule has 0 aliphatic carbocycles. The number of carbonyl (C=O) groups is 2. The van der Waals surface area contributed by atoms with Gasteiger partial charge < -0.3 is 15.2 Å². The maximum absolute atomic E-state index is 12.5. The Morgan fingerprint density at radius 1 is 1.17 bits per heavy atom. The standard InChI is InChI=1S/C21H21N3O5/c1-29-15-8-6-14(7-9-15)18(12-20(26)27)23-19(25)10-11-24-13-22-17-5-3-2-4-16(17)21(24)28/h2-9,13,18H,10-12H2,1H3,(H,23,25)(H,26,27)/t18-/m1/s1. The lowest BCUT2D eigenvalue weighted by molar-refractivity contribution is -0.137. The molecule has 3 aromatic rings. The molecule has 150 valence electrons. The molecule has 2 N–H and O–H groups in total. The molecule has 1 atom stereocenters. The number of nitrogens with zero attached hydrogens (tertiary/aromatic N) is 2. The van der Waals surface area contributed by atoms with E-state index in [1.54, 1.807) is 48.5 Å². The summed E-state index contributed by atoms with van der Waals surface area (Å²) in [4.78, 5) is 40.3. The number of fused-ring (bicyclic) bond motifs is 1. The molecule has 0 aliphatic heterocycles. The summed E-state index contributed by atoms with van der Waals surface area (Å²) in [6.07, 6.45) is 1.18. The molecule has 8 nitrogen and oxygen atoms in total. The van der Waals surface area contributed by atoms with Gasteiger partial charge in [-0.2, -0.15) is 0 Å². The van der Waals surface area contributed by atoms with Crippen molar-refractivity contribution < 1.29 is 19.4 Å². The Hall–Kier alpha value is -3.68. The fourth-order valence-electron chi connectivity index (χ4n) is 3.02. The van der Waals surface area contributed by atoms with Crippen LogP contribution in [0.3, 0.4) is 0 Å². The van der Waals surface area contributed by atoms with Gasteiger partial charge in [0.2, 0.25) is 5.91 Å². The van der Waals surface area contributed by atoms with Crippen LogP contribution in [-0.2, 0) is 16.1 Å². The Balaban J connectivity index is 1.69. The van der Waals surface area contributed by atoms with E-state index in [4.69, 9.17) is 4.74 Å². The van der Waals surface area contributed by atoms with Crippen molar-refractivity contribution in [2.24, 2.45) is 0 Å². The average Bonchev–Trinajstić information content (AvgIpc) is 2.73. The number of hydrogen-bond acceptors (Lipinski definition) is 5. The minimum atomic E-state index is -1.03. The minimum Gasteiger partial charge on any atom is -0.497 e. The van der Waals surface area contributed by atoms with E-state index in [-0.39, 0.29) is 30.9 Å². The highest BCUT2D eigenvalue weighted by molar-refractivity contribution is 5.78. The number of para-hydroxylation sites is 1. The molecule has 0 bridgehead atoms. The molecule has 0 spiro atoms. The van der Waals surface area contributed by atoms with Crippen LogP contribution in [0.15, 0.2) is 59.7 Å². The van der Waals surface area contributed by atoms with Crippen LogP contribution in [-0.4, -0.2) is 33.6 Å². The lowest BCUT2D eigenvalue weighted by Crippen LogP contribution is -2.32. The van der Waals surface area contributed by atoms with Crippen LogP contribution >= 0.6 is 0 Å². The van der Waals surface area contributed by atoms with E-state index in [0.717, 1.165) is 0 Å². The van der Waals surface area contributed by atoms with Crippen molar-refractivity contribution in [1.29, 1.82) is 0 Å². The summed E-state index contributed by atoms with van der Waals surface area (Å²) in [5.41, 5.74) is 1.03. The molecule has 0 unspecified atom stereocenters. The largest absolute Gasteiger partial charge is 0.497 e. The van der Waals surface area contributed by atoms with E-state index in [1.807, 2.05) is 0 Å². The number of aryl methyl sites for hydroxylation is 1. The first-order chi connectivity index (χ1) is 14.0. The number of aromatic nitrogens is 2. The van der Waals surface area contributed by atoms with Gasteiger partial charge in [0.05, 0.1) is 36.8 Å². The molecule has 0 aliphatic rings. The van der Waals surface area contributed by atoms with Crippen LogP contribution in [0.2, 0.25) is 0 Å². The molecule has 29 heavy (non-hydrogen) atoms. The van der Waals surface area contributed by atoms with Crippen molar-refractivity contribution in [3.05, 3.63) is 70.8 Å². The van der Waals surface area contributed by atoms with Crippen molar-refractivity contribution in [2.75, 3.05) is 7.11 Å². The lowest BCUT2D eigenvalue weighted by Gasteiger charge is -2.18. The molecular weight excluding hydrogens is 374 g/mol. The number of hydrogen-bond donors (Lipinski definition) is 2. The monoisotopic (exact) mass is 395 g/mol. The molecule has 3 rings (SSSR count). The van der Waals surface area contributed by atoms with Gasteiger partial charge in [-0.1, -0.05) is 24.3 Å². The highest BCUT2D eigenvalue weighted by Crippen LogP contribution is 2.20. The zero-order valence-electron chi connectivity index (χ0n) is 15.9. The van der Waals surface area contributed by atoms with Gasteiger partial charge in [0.25, 0.3) is 5.56 Å². The molecule has 2 aromatic carbocycles. The SMILES string of the molecule is COc1ccc([C@@H](CC(=O)O)NC(=O)CCn2cnc3ccccc3c2=O)cc1. The summed E-state index contributed by atoms with van der Waals surface area (Å²) in [7, 11) is 1.54. The third-order valence-corrected chi connectivity index (χ3v) is 4.54. The average molecular weight is 395 g/mol. The van der Waals surface area contributed by atoms with Crippen LogP contribution in [0.5, 0.6) is 5.75 Å². The van der Waals surface area contributed by atoms with Crippen LogP contribution in [0.1, 0.15) is 24.4 Å². The van der Waals surface area contributed by atoms with E-state index in [9.17, 15) is 19.5 Å². The summed E-state index contributed by atoms with van der Waals surface area (Å²) in [5.74, 6) is -0.745. The maximum Gasteiger partial charge on any atom is 0.305 e. The number of carboxylic acids is 1. The molecule has 0 saturated carbocycles. The predicted molar refractivity (Wildman–Crippen MR) is 107 cm³/mol. The molecule has 0 saturated heterocycles. The van der Waals surface area contributed by atoms with Crippen LogP contribution in [0.4, 0.5) is 0 Å². The smallest absolute Gasteiger partial charge is 0.305 e. The minimum absolute atomic E-state index is 0.0200. The highest BCUT2D eigenvalue weighted by atomic mass is 16.5. The summed E-state index contributed by atoms with van der Waals surface area (Å²) in [6.45, 7) is 0.144. The Kier molecular flexibility index (Phi) is 6.23. The van der Waals surface area contributed by atoms with E-state index in [1.165, 1.54) is 18.0 Å². The first-order valence-corrected chi connectivity index (χ1v) is 9.07. The molecule has 1 amide bonds. The predicted octanol–water partition coefficient (Wildman–Crippen LogP) is 2.13. The van der Waals surface area contributed by atoms with Gasteiger partial charge >= 0.3 is 5.97 Å². The fourth-order valence-corrected chi connectivity index (χ4v) is 3.02. The second kappa shape index (κ2) is 9.01. The highest BCUT2D eigenvalue weighted by Gasteiger charge is 2.18. The number of nitrogens with one attached hydrogen (secondary N) is 1. The van der Waals surface area contributed by atoms with Gasteiger partial charge in [0, 0.05) is 13.0 Å². The summed E-state index contributed by atoms with van der Waals surface area (Å²) < 4.78 is 6.47. The van der Waals surface area contributed by atoms with Crippen LogP contribution < -0.4 is 15.6 Å². The Morgan fingerprint density at radius 2 is 1.90 bits per heavy atom. The lowest BCUT2D eigenvalue weighted by atomic mass is 10.0. The molecule has 1 heterocycles. The van der Waals surface area contributed by atoms with Crippen molar-refractivity contribution >= 4 is 22.8 Å². The molecule has 1 aromatic heterocycles. The fraction of sp³-hybridized carbons (Fsp3) is 0.238. The van der Waals surface area contributed by atoms with Gasteiger partial charge in [0.1, 0.15) is 5.75 Å². The normalized spacial score (nSPS) is 11.8. The van der Waals surface area contributed by atoms with Crippen molar-refractivity contribution in [3.63, 3.8) is 0 Å². The number of aliphatic carboxylic acids is 1. The van der Waals surface area contributed by atoms with Crippen molar-refractivity contribution in [3.8, 4) is 5.75 Å². The van der Waals surface area contributed by atoms with E-state index >= 15 is 0 Å². The van der Waals surface area contributed by atoms with Gasteiger partial charge in [0.15, 0.2) is 0 Å². The van der Waals surface area contributed by atoms with Crippen molar-refractivity contribution in [1.82, 2.24) is 14.9 Å². The molecule has 8 heteroatoms. The topological polar surface area (TPSA) is 111 Å². The number of benzene rings is 2. The second-order valence-electron chi connectivity index (χ2n) is 6.50. The zero-order chi connectivity index (χ0) is 20.8. The molecule has 0 radical (unpaired) electrons. The number of methoxy groups -OCH3 is 1. The van der Waals surface area contributed by atoms with E-state index in [2.05, 4.69) is 10.3 Å². The van der Waals surface area contributed by atoms with Crippen molar-refractivity contribution in [2.45, 2.75) is 25.4 Å². The van der Waals surface area contributed by atoms with E-state index < -0.39 is 12.0 Å². The summed E-state index contributed by atoms with van der Waals surface area (Å²) in [6, 6.07) is 13.1.